The number of Topliss-reactive ketones (excluding diaryl/α,β-unsaturated/α-hetero) is 2. The van der Waals surface area contributed by atoms with Gasteiger partial charge in [-0.1, -0.05) is 33.6 Å². The van der Waals surface area contributed by atoms with Crippen molar-refractivity contribution in [1.29, 1.82) is 0 Å². The molecule has 0 spiro atoms. The fraction of sp³-hybridized carbons (Fsp3) is 0.821. The first-order valence-corrected chi connectivity index (χ1v) is 14.1. The minimum Gasteiger partial charge on any atom is -0.381 e. The molecule has 0 aromatic rings. The molecule has 9 nitrogen and oxygen atoms in total. The van der Waals surface area contributed by atoms with Crippen molar-refractivity contribution in [3.63, 3.8) is 0 Å². The molecule has 0 bridgehead atoms. The van der Waals surface area contributed by atoms with Crippen molar-refractivity contribution in [3.8, 4) is 0 Å². The summed E-state index contributed by atoms with van der Waals surface area (Å²) in [5.74, 6) is -1.36. The molecule has 3 amide bonds. The van der Waals surface area contributed by atoms with Gasteiger partial charge in [-0.25, -0.2) is 0 Å². The minimum atomic E-state index is -0.727. The molecule has 2 N–H and O–H groups in total. The lowest BCUT2D eigenvalue weighted by Gasteiger charge is -2.27. The number of amides is 3. The highest BCUT2D eigenvalue weighted by Gasteiger charge is 2.48. The van der Waals surface area contributed by atoms with Crippen molar-refractivity contribution in [2.45, 2.75) is 103 Å². The Morgan fingerprint density at radius 2 is 1.84 bits per heavy atom. The molecule has 37 heavy (non-hydrogen) atoms. The van der Waals surface area contributed by atoms with Crippen LogP contribution in [0.4, 0.5) is 0 Å². The van der Waals surface area contributed by atoms with Crippen LogP contribution >= 0.6 is 0 Å². The Hall–Kier alpha value is -2.29. The van der Waals surface area contributed by atoms with Crippen LogP contribution in [-0.2, 0) is 28.7 Å². The van der Waals surface area contributed by atoms with E-state index in [-0.39, 0.29) is 60.2 Å². The first-order chi connectivity index (χ1) is 17.6. The summed E-state index contributed by atoms with van der Waals surface area (Å²) < 4.78 is 5.84. The van der Waals surface area contributed by atoms with Gasteiger partial charge in [-0.15, -0.1) is 0 Å². The summed E-state index contributed by atoms with van der Waals surface area (Å²) in [5.41, 5.74) is -0.363. The Balaban J connectivity index is 1.72. The number of hydrogen-bond acceptors (Lipinski definition) is 6. The van der Waals surface area contributed by atoms with Gasteiger partial charge in [0.25, 0.3) is 0 Å². The number of fused-ring (bicyclic) bond motifs is 1. The molecule has 9 heteroatoms. The third-order valence-corrected chi connectivity index (χ3v) is 7.90. The molecule has 3 atom stereocenters. The van der Waals surface area contributed by atoms with Crippen molar-refractivity contribution in [2.75, 3.05) is 26.3 Å². The standard InChI is InChI=1S/C28H45N3O6/c1-19(2)15-21(26(35)28(3)11-12-28)30-27(36)20-16-23(32)22-9-8-13-31(22)25(34)17-29-24(33)10-6-4-5-7-14-37-18-20/h19-22H,4-18H2,1-3H3,(H,29,33)(H,30,36)/t20-,21-,22-/m0/s1. The van der Waals surface area contributed by atoms with E-state index >= 15 is 0 Å². The van der Waals surface area contributed by atoms with Crippen LogP contribution in [0.5, 0.6) is 0 Å². The number of hydrogen-bond donors (Lipinski definition) is 2. The van der Waals surface area contributed by atoms with E-state index in [2.05, 4.69) is 10.6 Å². The summed E-state index contributed by atoms with van der Waals surface area (Å²) in [6.45, 7) is 6.90. The fourth-order valence-corrected chi connectivity index (χ4v) is 5.29. The van der Waals surface area contributed by atoms with Crippen molar-refractivity contribution in [3.05, 3.63) is 0 Å². The summed E-state index contributed by atoms with van der Waals surface area (Å²) in [6.07, 6.45) is 7.10. The lowest BCUT2D eigenvalue weighted by molar-refractivity contribution is -0.140. The van der Waals surface area contributed by atoms with Crippen molar-refractivity contribution in [2.24, 2.45) is 17.3 Å². The van der Waals surface area contributed by atoms with E-state index < -0.39 is 18.0 Å². The van der Waals surface area contributed by atoms with Crippen molar-refractivity contribution >= 4 is 29.3 Å². The fourth-order valence-electron chi connectivity index (χ4n) is 5.29. The molecule has 0 unspecified atom stereocenters. The van der Waals surface area contributed by atoms with Crippen LogP contribution in [0, 0.1) is 17.3 Å². The van der Waals surface area contributed by atoms with E-state index in [0.29, 0.717) is 38.8 Å². The lowest BCUT2D eigenvalue weighted by Crippen LogP contribution is -2.49. The zero-order chi connectivity index (χ0) is 27.0. The van der Waals surface area contributed by atoms with Gasteiger partial charge >= 0.3 is 0 Å². The second kappa shape index (κ2) is 13.5. The molecule has 1 aliphatic carbocycles. The Bertz CT molecular complexity index is 853. The van der Waals surface area contributed by atoms with Crippen LogP contribution in [0.2, 0.25) is 0 Å². The maximum absolute atomic E-state index is 13.4. The number of rotatable bonds is 6. The van der Waals surface area contributed by atoms with E-state index in [4.69, 9.17) is 4.74 Å². The quantitative estimate of drug-likeness (QED) is 0.556. The number of nitrogens with one attached hydrogen (secondary N) is 2. The SMILES string of the molecule is CC(C)C[C@H](NC(=O)[C@@H]1COCCCCCCC(=O)NCC(=O)N2CCC[C@H]2C(=O)C1)C(=O)C1(C)CC1. The van der Waals surface area contributed by atoms with Crippen molar-refractivity contribution in [1.82, 2.24) is 15.5 Å². The Labute approximate surface area is 220 Å². The van der Waals surface area contributed by atoms with Crippen molar-refractivity contribution < 1.29 is 28.7 Å². The third kappa shape index (κ3) is 8.62. The highest BCUT2D eigenvalue weighted by Crippen LogP contribution is 2.47. The summed E-state index contributed by atoms with van der Waals surface area (Å²) in [7, 11) is 0. The molecule has 2 heterocycles. The van der Waals surface area contributed by atoms with Gasteiger partial charge in [0, 0.05) is 31.4 Å². The predicted molar refractivity (Wildman–Crippen MR) is 138 cm³/mol. The summed E-state index contributed by atoms with van der Waals surface area (Å²) in [6, 6.07) is -1.18. The third-order valence-electron chi connectivity index (χ3n) is 7.90. The number of nitrogens with zero attached hydrogens (tertiary/aromatic N) is 1. The topological polar surface area (TPSA) is 122 Å². The van der Waals surface area contributed by atoms with Gasteiger partial charge in [0.15, 0.2) is 11.6 Å². The van der Waals surface area contributed by atoms with Crippen LogP contribution in [0.15, 0.2) is 0 Å². The molecule has 1 saturated carbocycles. The lowest BCUT2D eigenvalue weighted by atomic mass is 9.90. The zero-order valence-corrected chi connectivity index (χ0v) is 22.8. The molecule has 208 valence electrons. The summed E-state index contributed by atoms with van der Waals surface area (Å²) in [4.78, 5) is 66.3. The molecule has 2 aliphatic heterocycles. The molecular weight excluding hydrogens is 474 g/mol. The van der Waals surface area contributed by atoms with Crippen LogP contribution in [-0.4, -0.2) is 72.6 Å². The van der Waals surface area contributed by atoms with E-state index in [9.17, 15) is 24.0 Å². The normalized spacial score (nSPS) is 26.7. The van der Waals surface area contributed by atoms with E-state index in [0.717, 1.165) is 38.5 Å². The minimum absolute atomic E-state index is 0.0491. The molecule has 0 radical (unpaired) electrons. The smallest absolute Gasteiger partial charge is 0.242 e. The molecule has 2 saturated heterocycles. The summed E-state index contributed by atoms with van der Waals surface area (Å²) in [5, 5.41) is 5.65. The molecule has 3 rings (SSSR count). The Morgan fingerprint density at radius 1 is 1.11 bits per heavy atom. The van der Waals surface area contributed by atoms with Gasteiger partial charge in [-0.2, -0.15) is 0 Å². The maximum atomic E-state index is 13.4. The van der Waals surface area contributed by atoms with E-state index in [1.54, 1.807) is 0 Å². The van der Waals surface area contributed by atoms with Crippen LogP contribution in [0.1, 0.15) is 91.4 Å². The van der Waals surface area contributed by atoms with Crippen LogP contribution in [0.3, 0.4) is 0 Å². The predicted octanol–water partition coefficient (Wildman–Crippen LogP) is 2.55. The highest BCUT2D eigenvalue weighted by molar-refractivity contribution is 5.97. The molecule has 0 aromatic carbocycles. The van der Waals surface area contributed by atoms with Crippen LogP contribution < -0.4 is 10.6 Å². The number of carbonyl (C=O) groups excluding carboxylic acids is 5. The summed E-state index contributed by atoms with van der Waals surface area (Å²) >= 11 is 0. The molecule has 0 aromatic heterocycles. The Kier molecular flexibility index (Phi) is 10.7. The van der Waals surface area contributed by atoms with E-state index in [1.807, 2.05) is 20.8 Å². The number of ketones is 2. The Morgan fingerprint density at radius 3 is 2.54 bits per heavy atom. The largest absolute Gasteiger partial charge is 0.381 e. The molecule has 3 aliphatic rings. The van der Waals surface area contributed by atoms with E-state index in [1.165, 1.54) is 4.90 Å². The van der Waals surface area contributed by atoms with Gasteiger partial charge in [0.05, 0.1) is 31.2 Å². The van der Waals surface area contributed by atoms with Gasteiger partial charge in [-0.3, -0.25) is 24.0 Å². The number of carbonyl (C=O) groups is 5. The van der Waals surface area contributed by atoms with Crippen LogP contribution in [0.25, 0.3) is 0 Å². The first kappa shape index (κ1) is 29.3. The first-order valence-electron chi connectivity index (χ1n) is 14.1. The number of ether oxygens (including phenoxy) is 1. The van der Waals surface area contributed by atoms with Gasteiger partial charge < -0.3 is 20.3 Å². The van der Waals surface area contributed by atoms with Gasteiger partial charge in [-0.05, 0) is 50.9 Å². The van der Waals surface area contributed by atoms with Gasteiger partial charge in [0.2, 0.25) is 17.7 Å². The average molecular weight is 520 g/mol. The van der Waals surface area contributed by atoms with Gasteiger partial charge in [0.1, 0.15) is 0 Å². The maximum Gasteiger partial charge on any atom is 0.242 e. The monoisotopic (exact) mass is 519 g/mol. The second-order valence-electron chi connectivity index (χ2n) is 11.7. The average Bonchev–Trinajstić information content (AvgIpc) is 3.40. The highest BCUT2D eigenvalue weighted by atomic mass is 16.5. The molecule has 3 fully saturated rings. The second-order valence-corrected chi connectivity index (χ2v) is 11.7. The molecular formula is C28H45N3O6. The zero-order valence-electron chi connectivity index (χ0n) is 22.8.